The molecule has 0 aliphatic rings. The number of sulfonamides is 1. The molecule has 0 aliphatic heterocycles. The van der Waals surface area contributed by atoms with E-state index in [1.807, 2.05) is 0 Å². The van der Waals surface area contributed by atoms with E-state index in [1.165, 1.54) is 7.11 Å². The summed E-state index contributed by atoms with van der Waals surface area (Å²) >= 11 is 0. The molecule has 1 unspecified atom stereocenters. The number of nitrogens with one attached hydrogen (secondary N) is 1. The maximum atomic E-state index is 11.4. The van der Waals surface area contributed by atoms with Gasteiger partial charge in [-0.3, -0.25) is 0 Å². The standard InChI is InChI=1S/C8H19N3O4S/c1-7(8(9)11-12)6-10-16(13,14)5-3-4-15-2/h7,10,12H,3-6H2,1-2H3,(H2,9,11). The third kappa shape index (κ3) is 6.59. The minimum Gasteiger partial charge on any atom is -0.409 e. The van der Waals surface area contributed by atoms with E-state index in [9.17, 15) is 8.42 Å². The highest BCUT2D eigenvalue weighted by atomic mass is 32.2. The fourth-order valence-electron chi connectivity index (χ4n) is 0.921. The lowest BCUT2D eigenvalue weighted by molar-refractivity contribution is 0.199. The second kappa shape index (κ2) is 7.42. The molecular weight excluding hydrogens is 234 g/mol. The Kier molecular flexibility index (Phi) is 7.02. The minimum absolute atomic E-state index is 0.000378. The lowest BCUT2D eigenvalue weighted by atomic mass is 10.2. The number of ether oxygens (including phenoxy) is 1. The van der Waals surface area contributed by atoms with Crippen molar-refractivity contribution in [3.63, 3.8) is 0 Å². The van der Waals surface area contributed by atoms with Gasteiger partial charge in [0.1, 0.15) is 5.84 Å². The van der Waals surface area contributed by atoms with Crippen LogP contribution in [0.1, 0.15) is 13.3 Å². The van der Waals surface area contributed by atoms with Gasteiger partial charge in [0.05, 0.1) is 5.75 Å². The van der Waals surface area contributed by atoms with Crippen molar-refractivity contribution in [3.8, 4) is 0 Å². The molecule has 96 valence electrons. The number of rotatable bonds is 8. The molecule has 0 saturated heterocycles. The predicted molar refractivity (Wildman–Crippen MR) is 60.9 cm³/mol. The first-order valence-corrected chi connectivity index (χ1v) is 6.52. The largest absolute Gasteiger partial charge is 0.409 e. The van der Waals surface area contributed by atoms with Crippen LogP contribution in [0.2, 0.25) is 0 Å². The second-order valence-corrected chi connectivity index (χ2v) is 5.37. The summed E-state index contributed by atoms with van der Waals surface area (Å²) in [7, 11) is -1.80. The Morgan fingerprint density at radius 2 is 2.25 bits per heavy atom. The van der Waals surface area contributed by atoms with Crippen molar-refractivity contribution in [2.45, 2.75) is 13.3 Å². The molecule has 16 heavy (non-hydrogen) atoms. The highest BCUT2D eigenvalue weighted by Crippen LogP contribution is 1.96. The van der Waals surface area contributed by atoms with E-state index < -0.39 is 10.0 Å². The predicted octanol–water partition coefficient (Wildman–Crippen LogP) is -0.675. The van der Waals surface area contributed by atoms with Gasteiger partial charge < -0.3 is 15.7 Å². The monoisotopic (exact) mass is 253 g/mol. The summed E-state index contributed by atoms with van der Waals surface area (Å²) in [5, 5.41) is 11.2. The molecule has 4 N–H and O–H groups in total. The highest BCUT2D eigenvalue weighted by Gasteiger charge is 2.13. The number of nitrogens with two attached hydrogens (primary N) is 1. The number of hydrogen-bond acceptors (Lipinski definition) is 5. The van der Waals surface area contributed by atoms with Crippen LogP contribution in [0.4, 0.5) is 0 Å². The second-order valence-electron chi connectivity index (χ2n) is 3.44. The van der Waals surface area contributed by atoms with Crippen LogP contribution in [-0.2, 0) is 14.8 Å². The Bertz CT molecular complexity index is 315. The SMILES string of the molecule is COCCCS(=O)(=O)NCC(C)C(N)=NO. The van der Waals surface area contributed by atoms with E-state index in [2.05, 4.69) is 9.88 Å². The Hall–Kier alpha value is -0.860. The number of methoxy groups -OCH3 is 1. The van der Waals surface area contributed by atoms with E-state index in [0.29, 0.717) is 13.0 Å². The topological polar surface area (TPSA) is 114 Å². The zero-order valence-electron chi connectivity index (χ0n) is 9.51. The van der Waals surface area contributed by atoms with Crippen LogP contribution in [0, 0.1) is 5.92 Å². The fourth-order valence-corrected chi connectivity index (χ4v) is 2.07. The summed E-state index contributed by atoms with van der Waals surface area (Å²) in [4.78, 5) is 0. The Morgan fingerprint density at radius 1 is 1.62 bits per heavy atom. The Labute approximate surface area is 95.7 Å². The summed E-state index contributed by atoms with van der Waals surface area (Å²) in [6.07, 6.45) is 0.434. The minimum atomic E-state index is -3.31. The van der Waals surface area contributed by atoms with Gasteiger partial charge in [-0.05, 0) is 6.42 Å². The van der Waals surface area contributed by atoms with Gasteiger partial charge in [-0.1, -0.05) is 12.1 Å². The van der Waals surface area contributed by atoms with Crippen LogP contribution >= 0.6 is 0 Å². The lowest BCUT2D eigenvalue weighted by Crippen LogP contribution is -2.36. The Balaban J connectivity index is 3.99. The summed E-state index contributed by atoms with van der Waals surface area (Å²) in [6.45, 7) is 2.18. The first kappa shape index (κ1) is 15.1. The molecule has 0 rings (SSSR count). The van der Waals surface area contributed by atoms with Crippen LogP contribution in [0.5, 0.6) is 0 Å². The van der Waals surface area contributed by atoms with Gasteiger partial charge in [0.2, 0.25) is 10.0 Å². The van der Waals surface area contributed by atoms with Crippen molar-refractivity contribution in [3.05, 3.63) is 0 Å². The number of nitrogens with zero attached hydrogens (tertiary/aromatic N) is 1. The average Bonchev–Trinajstić information content (AvgIpc) is 2.25. The van der Waals surface area contributed by atoms with Crippen molar-refractivity contribution >= 4 is 15.9 Å². The highest BCUT2D eigenvalue weighted by molar-refractivity contribution is 7.89. The molecule has 0 heterocycles. The summed E-state index contributed by atoms with van der Waals surface area (Å²) < 4.78 is 30.0. The molecule has 0 aromatic carbocycles. The molecule has 0 bridgehead atoms. The molecule has 7 nitrogen and oxygen atoms in total. The normalized spacial score (nSPS) is 15.0. The molecule has 8 heteroatoms. The maximum absolute atomic E-state index is 11.4. The lowest BCUT2D eigenvalue weighted by Gasteiger charge is -2.11. The molecule has 0 aromatic rings. The number of oxime groups is 1. The molecule has 0 aromatic heterocycles. The van der Waals surface area contributed by atoms with Gasteiger partial charge in [-0.25, -0.2) is 13.1 Å². The zero-order chi connectivity index (χ0) is 12.6. The molecule has 1 atom stereocenters. The molecular formula is C8H19N3O4S. The maximum Gasteiger partial charge on any atom is 0.211 e. The van der Waals surface area contributed by atoms with E-state index in [1.54, 1.807) is 6.92 Å². The van der Waals surface area contributed by atoms with Gasteiger partial charge in [0.25, 0.3) is 0 Å². The quantitative estimate of drug-likeness (QED) is 0.174. The third-order valence-corrected chi connectivity index (χ3v) is 3.42. The van der Waals surface area contributed by atoms with E-state index in [4.69, 9.17) is 15.7 Å². The summed E-state index contributed by atoms with van der Waals surface area (Å²) in [6, 6.07) is 0. The summed E-state index contributed by atoms with van der Waals surface area (Å²) in [5.41, 5.74) is 5.31. The first-order valence-electron chi connectivity index (χ1n) is 4.86. The molecule has 0 fully saturated rings. The fraction of sp³-hybridized carbons (Fsp3) is 0.875. The third-order valence-electron chi connectivity index (χ3n) is 1.99. The van der Waals surface area contributed by atoms with Gasteiger partial charge in [0.15, 0.2) is 0 Å². The van der Waals surface area contributed by atoms with Crippen LogP contribution in [0.15, 0.2) is 5.16 Å². The van der Waals surface area contributed by atoms with Crippen molar-refractivity contribution in [2.24, 2.45) is 16.8 Å². The van der Waals surface area contributed by atoms with Crippen LogP contribution in [-0.4, -0.2) is 45.5 Å². The van der Waals surface area contributed by atoms with Crippen LogP contribution < -0.4 is 10.5 Å². The van der Waals surface area contributed by atoms with Crippen LogP contribution in [0.25, 0.3) is 0 Å². The van der Waals surface area contributed by atoms with Crippen LogP contribution in [0.3, 0.4) is 0 Å². The van der Waals surface area contributed by atoms with Gasteiger partial charge in [0, 0.05) is 26.2 Å². The van der Waals surface area contributed by atoms with Gasteiger partial charge in [-0.15, -0.1) is 0 Å². The van der Waals surface area contributed by atoms with Crippen molar-refractivity contribution in [1.29, 1.82) is 0 Å². The summed E-state index contributed by atoms with van der Waals surface area (Å²) in [5.74, 6) is -0.342. The molecule has 0 radical (unpaired) electrons. The van der Waals surface area contributed by atoms with Crippen molar-refractivity contribution in [2.75, 3.05) is 26.0 Å². The average molecular weight is 253 g/mol. The van der Waals surface area contributed by atoms with Crippen molar-refractivity contribution in [1.82, 2.24) is 4.72 Å². The van der Waals surface area contributed by atoms with Crippen molar-refractivity contribution < 1.29 is 18.4 Å². The van der Waals surface area contributed by atoms with E-state index in [0.717, 1.165) is 0 Å². The van der Waals surface area contributed by atoms with E-state index in [-0.39, 0.29) is 24.1 Å². The molecule has 0 spiro atoms. The van der Waals surface area contributed by atoms with Gasteiger partial charge >= 0.3 is 0 Å². The molecule has 0 aliphatic carbocycles. The number of hydrogen-bond donors (Lipinski definition) is 3. The van der Waals surface area contributed by atoms with Gasteiger partial charge in [-0.2, -0.15) is 0 Å². The smallest absolute Gasteiger partial charge is 0.211 e. The molecule has 0 amide bonds. The first-order chi connectivity index (χ1) is 7.43. The van der Waals surface area contributed by atoms with E-state index >= 15 is 0 Å². The molecule has 0 saturated carbocycles. The number of amidine groups is 1. The zero-order valence-corrected chi connectivity index (χ0v) is 10.3. The Morgan fingerprint density at radius 3 is 2.75 bits per heavy atom.